The lowest BCUT2D eigenvalue weighted by molar-refractivity contribution is -0.384. The van der Waals surface area contributed by atoms with Crippen LogP contribution in [0, 0.1) is 10.1 Å². The van der Waals surface area contributed by atoms with Crippen LogP contribution in [0.1, 0.15) is 18.4 Å². The van der Waals surface area contributed by atoms with E-state index in [2.05, 4.69) is 5.32 Å². The van der Waals surface area contributed by atoms with Crippen molar-refractivity contribution in [2.24, 2.45) is 0 Å². The van der Waals surface area contributed by atoms with Crippen LogP contribution < -0.4 is 5.32 Å². The molecule has 0 aliphatic carbocycles. The van der Waals surface area contributed by atoms with Gasteiger partial charge in [0, 0.05) is 18.7 Å². The number of nitro benzene ring substituents is 1. The zero-order valence-corrected chi connectivity index (χ0v) is 9.76. The molecule has 2 N–H and O–H groups in total. The fourth-order valence-electron chi connectivity index (χ4n) is 1.53. The number of hydrogen-bond donors (Lipinski definition) is 2. The van der Waals surface area contributed by atoms with Crippen LogP contribution in [0.2, 0.25) is 0 Å². The highest BCUT2D eigenvalue weighted by Crippen LogP contribution is 2.12. The number of nitro groups is 1. The minimum atomic E-state index is -0.389. The summed E-state index contributed by atoms with van der Waals surface area (Å²) in [7, 11) is 0. The van der Waals surface area contributed by atoms with Gasteiger partial charge in [0.1, 0.15) is 0 Å². The van der Waals surface area contributed by atoms with E-state index >= 15 is 0 Å². The molecule has 1 rings (SSSR count). The number of rotatable bonds is 8. The molecule has 94 valence electrons. The number of hydrogen-bond acceptors (Lipinski definition) is 4. The number of aliphatic hydroxyl groups is 1. The van der Waals surface area contributed by atoms with E-state index in [1.165, 1.54) is 12.1 Å². The lowest BCUT2D eigenvalue weighted by Gasteiger charge is -2.03. The van der Waals surface area contributed by atoms with Gasteiger partial charge in [-0.05, 0) is 37.9 Å². The van der Waals surface area contributed by atoms with Crippen molar-refractivity contribution in [3.63, 3.8) is 0 Å². The average Bonchev–Trinajstić information content (AvgIpc) is 2.34. The standard InChI is InChI=1S/C12H18N2O3/c15-10-2-9-13-8-1-3-11-4-6-12(7-5-11)14(16)17/h4-7,13,15H,1-3,8-10H2. The monoisotopic (exact) mass is 238 g/mol. The second-order valence-electron chi connectivity index (χ2n) is 3.85. The zero-order chi connectivity index (χ0) is 12.5. The Morgan fingerprint density at radius 3 is 2.41 bits per heavy atom. The molecule has 0 fully saturated rings. The molecule has 0 bridgehead atoms. The van der Waals surface area contributed by atoms with Crippen molar-refractivity contribution in [1.29, 1.82) is 0 Å². The van der Waals surface area contributed by atoms with Gasteiger partial charge in [0.2, 0.25) is 0 Å². The molecular formula is C12H18N2O3. The largest absolute Gasteiger partial charge is 0.396 e. The van der Waals surface area contributed by atoms with Crippen molar-refractivity contribution in [1.82, 2.24) is 5.32 Å². The van der Waals surface area contributed by atoms with E-state index in [-0.39, 0.29) is 17.2 Å². The number of benzene rings is 1. The third-order valence-corrected chi connectivity index (χ3v) is 2.48. The zero-order valence-electron chi connectivity index (χ0n) is 9.76. The topological polar surface area (TPSA) is 75.4 Å². The molecule has 1 aromatic rings. The van der Waals surface area contributed by atoms with E-state index in [4.69, 9.17) is 5.11 Å². The first-order valence-electron chi connectivity index (χ1n) is 5.79. The minimum Gasteiger partial charge on any atom is -0.396 e. The number of aryl methyl sites for hydroxylation is 1. The van der Waals surface area contributed by atoms with Crippen molar-refractivity contribution in [2.45, 2.75) is 19.3 Å². The van der Waals surface area contributed by atoms with Gasteiger partial charge in [0.25, 0.3) is 5.69 Å². The van der Waals surface area contributed by atoms with E-state index in [0.29, 0.717) is 0 Å². The first-order chi connectivity index (χ1) is 8.24. The second-order valence-corrected chi connectivity index (χ2v) is 3.85. The second kappa shape index (κ2) is 7.76. The van der Waals surface area contributed by atoms with Crippen molar-refractivity contribution in [3.8, 4) is 0 Å². The van der Waals surface area contributed by atoms with Crippen LogP contribution in [0.15, 0.2) is 24.3 Å². The summed E-state index contributed by atoms with van der Waals surface area (Å²) in [4.78, 5) is 10.1. The van der Waals surface area contributed by atoms with Gasteiger partial charge < -0.3 is 10.4 Å². The summed E-state index contributed by atoms with van der Waals surface area (Å²) in [6.07, 6.45) is 2.67. The smallest absolute Gasteiger partial charge is 0.269 e. The Bertz CT molecular complexity index is 338. The summed E-state index contributed by atoms with van der Waals surface area (Å²) >= 11 is 0. The van der Waals surface area contributed by atoms with Crippen LogP contribution in [-0.4, -0.2) is 29.7 Å². The van der Waals surface area contributed by atoms with Crippen LogP contribution in [0.4, 0.5) is 5.69 Å². The van der Waals surface area contributed by atoms with E-state index in [0.717, 1.165) is 37.9 Å². The maximum absolute atomic E-state index is 10.4. The summed E-state index contributed by atoms with van der Waals surface area (Å²) in [5.41, 5.74) is 1.24. The quantitative estimate of drug-likeness (QED) is 0.409. The fraction of sp³-hybridized carbons (Fsp3) is 0.500. The first kappa shape index (κ1) is 13.6. The Balaban J connectivity index is 2.21. The van der Waals surface area contributed by atoms with E-state index in [1.54, 1.807) is 12.1 Å². The van der Waals surface area contributed by atoms with E-state index in [1.807, 2.05) is 0 Å². The molecule has 0 spiro atoms. The summed E-state index contributed by atoms with van der Waals surface area (Å²) in [5, 5.41) is 22.2. The van der Waals surface area contributed by atoms with Crippen LogP contribution in [0.5, 0.6) is 0 Å². The van der Waals surface area contributed by atoms with Crippen molar-refractivity contribution in [2.75, 3.05) is 19.7 Å². The van der Waals surface area contributed by atoms with Crippen molar-refractivity contribution >= 4 is 5.69 Å². The van der Waals surface area contributed by atoms with Crippen molar-refractivity contribution < 1.29 is 10.0 Å². The number of nitrogens with zero attached hydrogens (tertiary/aromatic N) is 1. The molecule has 17 heavy (non-hydrogen) atoms. The normalized spacial score (nSPS) is 10.4. The molecule has 0 atom stereocenters. The highest BCUT2D eigenvalue weighted by Gasteiger charge is 2.03. The van der Waals surface area contributed by atoms with E-state index < -0.39 is 0 Å². The molecule has 0 amide bonds. The number of nitrogens with one attached hydrogen (secondary N) is 1. The Hall–Kier alpha value is -1.46. The molecule has 0 saturated carbocycles. The fourth-order valence-corrected chi connectivity index (χ4v) is 1.53. The molecule has 0 aromatic heterocycles. The maximum Gasteiger partial charge on any atom is 0.269 e. The molecule has 1 aromatic carbocycles. The van der Waals surface area contributed by atoms with Gasteiger partial charge in [-0.15, -0.1) is 0 Å². The van der Waals surface area contributed by atoms with Crippen LogP contribution in [0.25, 0.3) is 0 Å². The van der Waals surface area contributed by atoms with Gasteiger partial charge in [-0.25, -0.2) is 0 Å². The Morgan fingerprint density at radius 2 is 1.82 bits per heavy atom. The average molecular weight is 238 g/mol. The van der Waals surface area contributed by atoms with Crippen molar-refractivity contribution in [3.05, 3.63) is 39.9 Å². The van der Waals surface area contributed by atoms with E-state index in [9.17, 15) is 10.1 Å². The van der Waals surface area contributed by atoms with Gasteiger partial charge >= 0.3 is 0 Å². The summed E-state index contributed by atoms with van der Waals surface area (Å²) in [6, 6.07) is 6.67. The van der Waals surface area contributed by atoms with Crippen LogP contribution >= 0.6 is 0 Å². The van der Waals surface area contributed by atoms with Gasteiger partial charge in [-0.2, -0.15) is 0 Å². The van der Waals surface area contributed by atoms with Gasteiger partial charge in [0.05, 0.1) is 4.92 Å². The Morgan fingerprint density at radius 1 is 1.18 bits per heavy atom. The predicted octanol–water partition coefficient (Wildman–Crippen LogP) is 1.50. The van der Waals surface area contributed by atoms with Gasteiger partial charge in [0.15, 0.2) is 0 Å². The molecule has 0 aliphatic heterocycles. The SMILES string of the molecule is O=[N+]([O-])c1ccc(CCCNCCCO)cc1. The summed E-state index contributed by atoms with van der Waals surface area (Å²) in [6.45, 7) is 1.95. The summed E-state index contributed by atoms with van der Waals surface area (Å²) < 4.78 is 0. The minimum absolute atomic E-state index is 0.134. The predicted molar refractivity (Wildman–Crippen MR) is 66.0 cm³/mol. The Labute approximate surface area is 101 Å². The van der Waals surface area contributed by atoms with Gasteiger partial charge in [-0.3, -0.25) is 10.1 Å². The molecule has 0 saturated heterocycles. The molecule has 0 unspecified atom stereocenters. The van der Waals surface area contributed by atoms with Crippen LogP contribution in [0.3, 0.4) is 0 Å². The van der Waals surface area contributed by atoms with Crippen LogP contribution in [-0.2, 0) is 6.42 Å². The molecule has 0 aliphatic rings. The number of non-ortho nitro benzene ring substituents is 1. The number of aliphatic hydroxyl groups excluding tert-OH is 1. The third kappa shape index (κ3) is 5.42. The van der Waals surface area contributed by atoms with Gasteiger partial charge in [-0.1, -0.05) is 12.1 Å². The highest BCUT2D eigenvalue weighted by molar-refractivity contribution is 5.32. The molecule has 0 radical (unpaired) electrons. The lowest BCUT2D eigenvalue weighted by Crippen LogP contribution is -2.18. The molecule has 5 heteroatoms. The summed E-state index contributed by atoms with van der Waals surface area (Å²) in [5.74, 6) is 0. The molecule has 0 heterocycles. The maximum atomic E-state index is 10.4. The molecule has 5 nitrogen and oxygen atoms in total. The highest BCUT2D eigenvalue weighted by atomic mass is 16.6. The lowest BCUT2D eigenvalue weighted by atomic mass is 10.1. The Kier molecular flexibility index (Phi) is 6.21. The first-order valence-corrected chi connectivity index (χ1v) is 5.79. The molecular weight excluding hydrogens is 220 g/mol. The third-order valence-electron chi connectivity index (χ3n) is 2.48.